The minimum atomic E-state index is -1.37. The molecule has 3 fully saturated rings. The van der Waals surface area contributed by atoms with Gasteiger partial charge in [-0.05, 0) is 0 Å². The van der Waals surface area contributed by atoms with Crippen molar-refractivity contribution in [1.82, 2.24) is 0 Å². The molecule has 2 saturated heterocycles. The van der Waals surface area contributed by atoms with E-state index < -0.39 is 29.4 Å². The molecule has 1 spiro atoms. The number of rotatable bonds is 1. The molecule has 0 radical (unpaired) electrons. The van der Waals surface area contributed by atoms with Gasteiger partial charge in [-0.25, -0.2) is 0 Å². The number of cyclic esters (lactones) is 1. The lowest BCUT2D eigenvalue weighted by Crippen LogP contribution is -2.56. The van der Waals surface area contributed by atoms with Gasteiger partial charge in [0.25, 0.3) is 0 Å². The Labute approximate surface area is 104 Å². The number of hydrogen-bond donors (Lipinski definition) is 1. The Hall–Kier alpha value is -0.980. The second-order valence-corrected chi connectivity index (χ2v) is 5.46. The number of aliphatic hydroxyl groups excluding tert-OH is 1. The molecule has 0 aromatic heterocycles. The van der Waals surface area contributed by atoms with E-state index >= 15 is 0 Å². The van der Waals surface area contributed by atoms with Crippen LogP contribution in [0.5, 0.6) is 0 Å². The van der Waals surface area contributed by atoms with Crippen molar-refractivity contribution in [2.75, 3.05) is 7.11 Å². The van der Waals surface area contributed by atoms with Crippen LogP contribution in [0.2, 0.25) is 0 Å². The zero-order valence-corrected chi connectivity index (χ0v) is 10.5. The largest absolute Gasteiger partial charge is 0.430 e. The van der Waals surface area contributed by atoms with Crippen LogP contribution in [-0.2, 0) is 23.8 Å². The molecule has 0 aromatic rings. The fraction of sp³-hybridized carbons (Fsp3) is 0.833. The van der Waals surface area contributed by atoms with Gasteiger partial charge in [0.2, 0.25) is 5.79 Å². The maximum Gasteiger partial charge on any atom is 0.321 e. The third-order valence-corrected chi connectivity index (χ3v) is 4.75. The first kappa shape index (κ1) is 12.1. The van der Waals surface area contributed by atoms with Gasteiger partial charge in [-0.3, -0.25) is 9.59 Å². The Bertz CT molecular complexity index is 434. The normalized spacial score (nSPS) is 54.4. The molecule has 3 rings (SSSR count). The fourth-order valence-corrected chi connectivity index (χ4v) is 3.58. The number of ether oxygens (including phenoxy) is 3. The maximum atomic E-state index is 12.2. The summed E-state index contributed by atoms with van der Waals surface area (Å²) in [6, 6.07) is 0. The summed E-state index contributed by atoms with van der Waals surface area (Å²) in [5.74, 6) is -2.48. The molecule has 2 aliphatic heterocycles. The van der Waals surface area contributed by atoms with Crippen LogP contribution in [0.4, 0.5) is 0 Å². The van der Waals surface area contributed by atoms with E-state index in [1.165, 1.54) is 7.11 Å². The predicted octanol–water partition coefficient (Wildman–Crippen LogP) is -0.371. The number of aliphatic hydroxyl groups is 1. The van der Waals surface area contributed by atoms with Crippen LogP contribution in [-0.4, -0.2) is 48.1 Å². The zero-order valence-electron chi connectivity index (χ0n) is 10.5. The summed E-state index contributed by atoms with van der Waals surface area (Å²) >= 11 is 0. The summed E-state index contributed by atoms with van der Waals surface area (Å²) in [5.41, 5.74) is -1.31. The molecule has 6 heteroatoms. The van der Waals surface area contributed by atoms with Gasteiger partial charge in [-0.2, -0.15) is 0 Å². The van der Waals surface area contributed by atoms with Crippen LogP contribution in [0.15, 0.2) is 0 Å². The predicted molar refractivity (Wildman–Crippen MR) is 57.4 cm³/mol. The molecule has 1 N–H and O–H groups in total. The molecule has 0 aromatic carbocycles. The molecule has 6 atom stereocenters. The van der Waals surface area contributed by atoms with E-state index in [9.17, 15) is 14.7 Å². The van der Waals surface area contributed by atoms with Crippen LogP contribution in [0.1, 0.15) is 20.3 Å². The number of methoxy groups -OCH3 is 1. The van der Waals surface area contributed by atoms with Crippen molar-refractivity contribution < 1.29 is 28.9 Å². The molecule has 0 unspecified atom stereocenters. The number of esters is 1. The average Bonchev–Trinajstić information content (AvgIpc) is 2.68. The summed E-state index contributed by atoms with van der Waals surface area (Å²) in [7, 11) is 1.41. The lowest BCUT2D eigenvalue weighted by Gasteiger charge is -2.36. The molecule has 2 heterocycles. The SMILES string of the molecule is CO[C@@]1(C)OC(=O)[C@@]23[C@H](C)[C@H](CC(=O)[C@@H]2O)O[C@H]13. The minimum absolute atomic E-state index is 0.133. The number of carbonyl (C=O) groups excluding carboxylic acids is 2. The van der Waals surface area contributed by atoms with Gasteiger partial charge in [0, 0.05) is 26.4 Å². The van der Waals surface area contributed by atoms with Crippen molar-refractivity contribution in [3.05, 3.63) is 0 Å². The number of Topliss-reactive ketones (excluding diaryl/α,β-unsaturated/α-hetero) is 1. The first-order valence-corrected chi connectivity index (χ1v) is 6.02. The van der Waals surface area contributed by atoms with E-state index in [0.29, 0.717) is 0 Å². The lowest BCUT2D eigenvalue weighted by atomic mass is 9.63. The van der Waals surface area contributed by atoms with Crippen molar-refractivity contribution in [2.45, 2.75) is 44.4 Å². The topological polar surface area (TPSA) is 82.1 Å². The Morgan fingerprint density at radius 3 is 2.72 bits per heavy atom. The summed E-state index contributed by atoms with van der Waals surface area (Å²) in [6.45, 7) is 3.40. The molecule has 3 aliphatic rings. The molecule has 18 heavy (non-hydrogen) atoms. The molecule has 6 nitrogen and oxygen atoms in total. The molecule has 1 aliphatic carbocycles. The van der Waals surface area contributed by atoms with Gasteiger partial charge in [0.1, 0.15) is 17.6 Å². The highest BCUT2D eigenvalue weighted by molar-refractivity contribution is 5.95. The Morgan fingerprint density at radius 2 is 2.11 bits per heavy atom. The number of fused-ring (bicyclic) bond motifs is 1. The van der Waals surface area contributed by atoms with Crippen LogP contribution in [0, 0.1) is 11.3 Å². The quantitative estimate of drug-likeness (QED) is 0.645. The zero-order chi connectivity index (χ0) is 13.3. The van der Waals surface area contributed by atoms with Crippen molar-refractivity contribution in [2.24, 2.45) is 11.3 Å². The van der Waals surface area contributed by atoms with Gasteiger partial charge >= 0.3 is 5.97 Å². The maximum absolute atomic E-state index is 12.2. The molecule has 100 valence electrons. The summed E-state index contributed by atoms with van der Waals surface area (Å²) in [6.07, 6.45) is -2.34. The number of hydrogen-bond acceptors (Lipinski definition) is 6. The summed E-state index contributed by atoms with van der Waals surface area (Å²) < 4.78 is 16.2. The van der Waals surface area contributed by atoms with Gasteiger partial charge in [-0.1, -0.05) is 6.92 Å². The van der Waals surface area contributed by atoms with Gasteiger partial charge in [-0.15, -0.1) is 0 Å². The third kappa shape index (κ3) is 1.05. The van der Waals surface area contributed by atoms with Crippen LogP contribution in [0.25, 0.3) is 0 Å². The van der Waals surface area contributed by atoms with E-state index in [2.05, 4.69) is 0 Å². The Morgan fingerprint density at radius 1 is 1.44 bits per heavy atom. The van der Waals surface area contributed by atoms with Crippen LogP contribution >= 0.6 is 0 Å². The first-order chi connectivity index (χ1) is 8.37. The average molecular weight is 256 g/mol. The monoisotopic (exact) mass is 256 g/mol. The molecule has 0 amide bonds. The molecule has 2 bridgehead atoms. The van der Waals surface area contributed by atoms with Gasteiger partial charge < -0.3 is 19.3 Å². The lowest BCUT2D eigenvalue weighted by molar-refractivity contribution is -0.231. The second kappa shape index (κ2) is 3.31. The van der Waals surface area contributed by atoms with Crippen LogP contribution < -0.4 is 0 Å². The van der Waals surface area contributed by atoms with Crippen LogP contribution in [0.3, 0.4) is 0 Å². The van der Waals surface area contributed by atoms with E-state index in [4.69, 9.17) is 14.2 Å². The Balaban J connectivity index is 2.16. The third-order valence-electron chi connectivity index (χ3n) is 4.75. The fourth-order valence-electron chi connectivity index (χ4n) is 3.58. The van der Waals surface area contributed by atoms with Crippen molar-refractivity contribution in [1.29, 1.82) is 0 Å². The second-order valence-electron chi connectivity index (χ2n) is 5.46. The van der Waals surface area contributed by atoms with Crippen molar-refractivity contribution >= 4 is 11.8 Å². The molecular formula is C12H16O6. The Kier molecular flexibility index (Phi) is 2.22. The van der Waals surface area contributed by atoms with E-state index in [1.54, 1.807) is 6.92 Å². The molecular weight excluding hydrogens is 240 g/mol. The highest BCUT2D eigenvalue weighted by Crippen LogP contribution is 2.59. The number of carbonyl (C=O) groups is 2. The first-order valence-electron chi connectivity index (χ1n) is 6.02. The number of ketones is 1. The molecule has 1 saturated carbocycles. The standard InChI is InChI=1S/C12H16O6/c1-5-7-4-6(13)8(14)12(5)9(17-7)11(2,16-3)18-10(12)15/h5,7-9,14H,4H2,1-3H3/t5-,7+,8+,9-,11+,12+/m1/s1. The summed E-state index contributed by atoms with van der Waals surface area (Å²) in [5, 5.41) is 10.2. The van der Waals surface area contributed by atoms with E-state index in [-0.39, 0.29) is 24.2 Å². The van der Waals surface area contributed by atoms with E-state index in [1.807, 2.05) is 6.92 Å². The van der Waals surface area contributed by atoms with E-state index in [0.717, 1.165) is 0 Å². The van der Waals surface area contributed by atoms with Crippen molar-refractivity contribution in [3.8, 4) is 0 Å². The summed E-state index contributed by atoms with van der Waals surface area (Å²) in [4.78, 5) is 24.0. The van der Waals surface area contributed by atoms with Gasteiger partial charge in [0.15, 0.2) is 5.78 Å². The van der Waals surface area contributed by atoms with Crippen molar-refractivity contribution in [3.63, 3.8) is 0 Å². The smallest absolute Gasteiger partial charge is 0.321 e. The minimum Gasteiger partial charge on any atom is -0.430 e. The highest BCUT2D eigenvalue weighted by atomic mass is 16.7. The highest BCUT2D eigenvalue weighted by Gasteiger charge is 2.77. The van der Waals surface area contributed by atoms with Gasteiger partial charge in [0.05, 0.1) is 6.10 Å².